The van der Waals surface area contributed by atoms with Crippen molar-refractivity contribution in [2.45, 2.75) is 19.4 Å². The molecule has 1 amide bonds. The highest BCUT2D eigenvalue weighted by molar-refractivity contribution is 7.92. The van der Waals surface area contributed by atoms with E-state index in [9.17, 15) is 23.3 Å². The van der Waals surface area contributed by atoms with Gasteiger partial charge < -0.3 is 14.8 Å². The van der Waals surface area contributed by atoms with E-state index in [1.807, 2.05) is 0 Å². The molecule has 0 aromatic heterocycles. The van der Waals surface area contributed by atoms with Gasteiger partial charge in [-0.3, -0.25) is 19.2 Å². The number of carbonyl (C=O) groups excluding carboxylic acids is 1. The van der Waals surface area contributed by atoms with Gasteiger partial charge in [0.15, 0.2) is 0 Å². The van der Waals surface area contributed by atoms with Gasteiger partial charge in [0.25, 0.3) is 5.69 Å². The third-order valence-corrected chi connectivity index (χ3v) is 5.49. The van der Waals surface area contributed by atoms with E-state index in [0.29, 0.717) is 5.75 Å². The maximum absolute atomic E-state index is 13.0. The summed E-state index contributed by atoms with van der Waals surface area (Å²) in [6, 6.07) is 8.88. The third kappa shape index (κ3) is 5.17. The molecule has 0 aliphatic carbocycles. The molecule has 0 fully saturated rings. The number of nitro groups is 1. The molecule has 2 rings (SSSR count). The first-order chi connectivity index (χ1) is 14.1. The molecule has 0 spiro atoms. The highest BCUT2D eigenvalue weighted by Gasteiger charge is 2.32. The van der Waals surface area contributed by atoms with Crippen molar-refractivity contribution in [2.75, 3.05) is 30.1 Å². The van der Waals surface area contributed by atoms with Crippen LogP contribution in [0.1, 0.15) is 13.3 Å². The number of benzene rings is 2. The molecule has 162 valence electrons. The molecule has 0 heterocycles. The molecule has 11 heteroatoms. The molecule has 2 aromatic carbocycles. The van der Waals surface area contributed by atoms with Gasteiger partial charge in [0.2, 0.25) is 15.9 Å². The largest absolute Gasteiger partial charge is 0.497 e. The molecule has 0 saturated carbocycles. The number of nitrogens with one attached hydrogen (secondary N) is 1. The van der Waals surface area contributed by atoms with E-state index in [-0.39, 0.29) is 29.2 Å². The summed E-state index contributed by atoms with van der Waals surface area (Å²) in [5.41, 5.74) is 0.110. The number of hydrogen-bond donors (Lipinski definition) is 1. The molecule has 1 atom stereocenters. The fourth-order valence-electron chi connectivity index (χ4n) is 2.91. The molecule has 0 aliphatic rings. The molecular formula is C19H23N3O7S. The summed E-state index contributed by atoms with van der Waals surface area (Å²) in [6.45, 7) is 1.66. The van der Waals surface area contributed by atoms with Crippen LogP contribution in [0.4, 0.5) is 17.1 Å². The Morgan fingerprint density at radius 2 is 1.80 bits per heavy atom. The lowest BCUT2D eigenvalue weighted by molar-refractivity contribution is -0.384. The van der Waals surface area contributed by atoms with Gasteiger partial charge in [-0.1, -0.05) is 6.92 Å². The molecule has 0 bridgehead atoms. The maximum Gasteiger partial charge on any atom is 0.271 e. The van der Waals surface area contributed by atoms with Crippen LogP contribution in [-0.2, 0) is 14.8 Å². The van der Waals surface area contributed by atoms with Crippen molar-refractivity contribution in [3.05, 3.63) is 52.6 Å². The van der Waals surface area contributed by atoms with Crippen molar-refractivity contribution in [3.63, 3.8) is 0 Å². The second-order valence-electron chi connectivity index (χ2n) is 6.31. The van der Waals surface area contributed by atoms with Crippen LogP contribution in [0.2, 0.25) is 0 Å². The molecule has 30 heavy (non-hydrogen) atoms. The second-order valence-corrected chi connectivity index (χ2v) is 8.17. The Labute approximate surface area is 174 Å². The zero-order valence-corrected chi connectivity index (χ0v) is 17.8. The van der Waals surface area contributed by atoms with Gasteiger partial charge in [-0.05, 0) is 36.8 Å². The Balaban J connectivity index is 2.43. The molecule has 2 aromatic rings. The summed E-state index contributed by atoms with van der Waals surface area (Å²) in [4.78, 5) is 23.5. The van der Waals surface area contributed by atoms with E-state index in [1.54, 1.807) is 19.1 Å². The van der Waals surface area contributed by atoms with Gasteiger partial charge in [-0.15, -0.1) is 0 Å². The number of ether oxygens (including phenoxy) is 2. The molecule has 1 N–H and O–H groups in total. The number of hydrogen-bond acceptors (Lipinski definition) is 7. The van der Waals surface area contributed by atoms with E-state index in [1.165, 1.54) is 38.5 Å². The lowest BCUT2D eigenvalue weighted by atomic mass is 10.1. The van der Waals surface area contributed by atoms with E-state index in [0.717, 1.165) is 16.6 Å². The quantitative estimate of drug-likeness (QED) is 0.472. The van der Waals surface area contributed by atoms with E-state index >= 15 is 0 Å². The number of amides is 1. The Bertz CT molecular complexity index is 1020. The Morgan fingerprint density at radius 3 is 2.27 bits per heavy atom. The first-order valence-electron chi connectivity index (χ1n) is 8.89. The summed E-state index contributed by atoms with van der Waals surface area (Å²) >= 11 is 0. The minimum Gasteiger partial charge on any atom is -0.497 e. The zero-order valence-electron chi connectivity index (χ0n) is 17.0. The van der Waals surface area contributed by atoms with E-state index in [2.05, 4.69) is 5.32 Å². The molecule has 1 unspecified atom stereocenters. The predicted molar refractivity (Wildman–Crippen MR) is 113 cm³/mol. The van der Waals surface area contributed by atoms with Crippen molar-refractivity contribution in [3.8, 4) is 11.5 Å². The van der Waals surface area contributed by atoms with Crippen LogP contribution in [0.15, 0.2) is 42.5 Å². The Kier molecular flexibility index (Phi) is 7.22. The number of methoxy groups -OCH3 is 2. The minimum atomic E-state index is -3.83. The van der Waals surface area contributed by atoms with Crippen molar-refractivity contribution < 1.29 is 27.6 Å². The molecule has 0 aliphatic heterocycles. The maximum atomic E-state index is 13.0. The minimum absolute atomic E-state index is 0.0679. The number of rotatable bonds is 9. The van der Waals surface area contributed by atoms with Crippen LogP contribution in [0, 0.1) is 10.1 Å². The molecule has 0 radical (unpaired) electrons. The first-order valence-corrected chi connectivity index (χ1v) is 10.7. The van der Waals surface area contributed by atoms with Gasteiger partial charge in [0, 0.05) is 12.1 Å². The van der Waals surface area contributed by atoms with Crippen molar-refractivity contribution in [2.24, 2.45) is 0 Å². The van der Waals surface area contributed by atoms with Crippen molar-refractivity contribution >= 4 is 33.0 Å². The van der Waals surface area contributed by atoms with Crippen LogP contribution >= 0.6 is 0 Å². The lowest BCUT2D eigenvalue weighted by Crippen LogP contribution is -2.47. The molecule has 10 nitrogen and oxygen atoms in total. The monoisotopic (exact) mass is 437 g/mol. The molecular weight excluding hydrogens is 414 g/mol. The number of carbonyl (C=O) groups is 1. The Hall–Kier alpha value is -3.34. The van der Waals surface area contributed by atoms with Crippen LogP contribution in [0.5, 0.6) is 11.5 Å². The summed E-state index contributed by atoms with van der Waals surface area (Å²) < 4.78 is 36.3. The van der Waals surface area contributed by atoms with E-state index in [4.69, 9.17) is 9.47 Å². The zero-order chi connectivity index (χ0) is 22.5. The second kappa shape index (κ2) is 9.44. The smallest absolute Gasteiger partial charge is 0.271 e. The van der Waals surface area contributed by atoms with Gasteiger partial charge in [0.05, 0.1) is 36.8 Å². The van der Waals surface area contributed by atoms with Crippen LogP contribution in [0.3, 0.4) is 0 Å². The van der Waals surface area contributed by atoms with Gasteiger partial charge in [-0.25, -0.2) is 8.42 Å². The predicted octanol–water partition coefficient (Wildman–Crippen LogP) is 2.80. The van der Waals surface area contributed by atoms with Gasteiger partial charge in [0.1, 0.15) is 17.5 Å². The van der Waals surface area contributed by atoms with Crippen LogP contribution in [0.25, 0.3) is 0 Å². The summed E-state index contributed by atoms with van der Waals surface area (Å²) in [5.74, 6) is 0.0859. The summed E-state index contributed by atoms with van der Waals surface area (Å²) in [6.07, 6.45) is 1.16. The summed E-state index contributed by atoms with van der Waals surface area (Å²) in [7, 11) is -0.992. The topological polar surface area (TPSA) is 128 Å². The SMILES string of the molecule is CCC(C(=O)Nc1cc([N+](=O)[O-])ccc1OC)N(c1ccc(OC)cc1)S(C)(=O)=O. The number of non-ortho nitro benzene ring substituents is 1. The average Bonchev–Trinajstić information content (AvgIpc) is 2.70. The first kappa shape index (κ1) is 22.9. The number of anilines is 2. The Morgan fingerprint density at radius 1 is 1.17 bits per heavy atom. The fourth-order valence-corrected chi connectivity index (χ4v) is 4.12. The summed E-state index contributed by atoms with van der Waals surface area (Å²) in [5, 5.41) is 13.6. The van der Waals surface area contributed by atoms with Crippen LogP contribution < -0.4 is 19.1 Å². The normalized spacial score (nSPS) is 12.0. The lowest BCUT2D eigenvalue weighted by Gasteiger charge is -2.30. The molecule has 0 saturated heterocycles. The third-order valence-electron chi connectivity index (χ3n) is 4.31. The van der Waals surface area contributed by atoms with Gasteiger partial charge >= 0.3 is 0 Å². The van der Waals surface area contributed by atoms with E-state index < -0.39 is 26.9 Å². The number of nitro benzene ring substituents is 1. The average molecular weight is 437 g/mol. The fraction of sp³-hybridized carbons (Fsp3) is 0.316. The highest BCUT2D eigenvalue weighted by Crippen LogP contribution is 2.30. The number of sulfonamides is 1. The highest BCUT2D eigenvalue weighted by atomic mass is 32.2. The van der Waals surface area contributed by atoms with Gasteiger partial charge in [-0.2, -0.15) is 0 Å². The van der Waals surface area contributed by atoms with Crippen molar-refractivity contribution in [1.82, 2.24) is 0 Å². The van der Waals surface area contributed by atoms with Crippen molar-refractivity contribution in [1.29, 1.82) is 0 Å². The standard InChI is InChI=1S/C19H23N3O7S/c1-5-17(21(30(4,26)27)13-6-9-15(28-2)10-7-13)19(23)20-16-12-14(22(24)25)8-11-18(16)29-3/h6-12,17H,5H2,1-4H3,(H,20,23). The number of nitrogens with zero attached hydrogens (tertiary/aromatic N) is 2. The van der Waals surface area contributed by atoms with Crippen LogP contribution in [-0.4, -0.2) is 45.8 Å².